The molecule has 0 aliphatic carbocycles. The van der Waals surface area contributed by atoms with E-state index in [4.69, 9.17) is 4.74 Å². The van der Waals surface area contributed by atoms with Crippen molar-refractivity contribution < 1.29 is 13.5 Å². The van der Waals surface area contributed by atoms with Crippen molar-refractivity contribution >= 4 is 18.1 Å². The molecule has 0 amide bonds. The summed E-state index contributed by atoms with van der Waals surface area (Å²) >= 11 is 0. The zero-order valence-corrected chi connectivity index (χ0v) is 17.6. The molecule has 2 aromatic carbocycles. The first-order valence-corrected chi connectivity index (χ1v) is 10.2. The first kappa shape index (κ1) is 21.8. The molecule has 2 aromatic rings. The Bertz CT molecular complexity index is 794. The minimum absolute atomic E-state index is 0. The van der Waals surface area contributed by atoms with Crippen LogP contribution in [0.1, 0.15) is 36.6 Å². The van der Waals surface area contributed by atoms with Crippen molar-refractivity contribution in [3.8, 4) is 5.75 Å². The van der Waals surface area contributed by atoms with Gasteiger partial charge in [-0.15, -0.1) is 12.4 Å². The number of halogens is 3. The van der Waals surface area contributed by atoms with Crippen LogP contribution >= 0.6 is 12.4 Å². The van der Waals surface area contributed by atoms with E-state index in [1.165, 1.54) is 29.8 Å². The van der Waals surface area contributed by atoms with E-state index in [1.54, 1.807) is 19.2 Å². The lowest BCUT2D eigenvalue weighted by atomic mass is 9.95. The molecule has 6 heteroatoms. The number of ether oxygens (including phenoxy) is 1. The molecule has 158 valence electrons. The smallest absolute Gasteiger partial charge is 0.138 e. The third kappa shape index (κ3) is 5.01. The van der Waals surface area contributed by atoms with Gasteiger partial charge in [-0.25, -0.2) is 8.78 Å². The molecule has 0 radical (unpaired) electrons. The molecule has 0 spiro atoms. The average Bonchev–Trinajstić information content (AvgIpc) is 2.74. The van der Waals surface area contributed by atoms with E-state index < -0.39 is 6.17 Å². The molecule has 29 heavy (non-hydrogen) atoms. The first-order valence-electron chi connectivity index (χ1n) is 10.2. The third-order valence-corrected chi connectivity index (χ3v) is 6.10. The summed E-state index contributed by atoms with van der Waals surface area (Å²) in [5.74, 6) is 0.581. The fraction of sp³-hybridized carbons (Fsp3) is 0.478. The Morgan fingerprint density at radius 2 is 1.79 bits per heavy atom. The molecular weight excluding hydrogens is 394 g/mol. The molecule has 0 bridgehead atoms. The number of fused-ring (bicyclic) bond motifs is 1. The number of rotatable bonds is 5. The van der Waals surface area contributed by atoms with Gasteiger partial charge in [-0.3, -0.25) is 4.90 Å². The summed E-state index contributed by atoms with van der Waals surface area (Å²) in [6.07, 6.45) is 3.30. The summed E-state index contributed by atoms with van der Waals surface area (Å²) in [6.45, 7) is 3.24. The van der Waals surface area contributed by atoms with Gasteiger partial charge in [-0.05, 0) is 55.0 Å². The van der Waals surface area contributed by atoms with Crippen LogP contribution in [0.3, 0.4) is 0 Å². The SMILES string of the molecule is COc1ccc2c(c1)N(C1CCN(CC(F)c3ccc(F)cc3)CC1)CCC2.Cl. The number of piperidine rings is 1. The summed E-state index contributed by atoms with van der Waals surface area (Å²) < 4.78 is 33.1. The molecule has 4 rings (SSSR count). The molecule has 2 aliphatic heterocycles. The van der Waals surface area contributed by atoms with E-state index in [0.29, 0.717) is 18.2 Å². The normalized spacial score (nSPS) is 18.7. The van der Waals surface area contributed by atoms with Gasteiger partial charge in [-0.2, -0.15) is 0 Å². The first-order chi connectivity index (χ1) is 13.6. The van der Waals surface area contributed by atoms with Crippen molar-refractivity contribution in [1.82, 2.24) is 4.90 Å². The molecule has 3 nitrogen and oxygen atoms in total. The number of hydrogen-bond acceptors (Lipinski definition) is 3. The molecule has 1 unspecified atom stereocenters. The van der Waals surface area contributed by atoms with E-state index in [-0.39, 0.29) is 18.2 Å². The highest BCUT2D eigenvalue weighted by molar-refractivity contribution is 5.85. The maximum absolute atomic E-state index is 14.6. The van der Waals surface area contributed by atoms with Crippen molar-refractivity contribution in [3.05, 3.63) is 59.4 Å². The van der Waals surface area contributed by atoms with Crippen LogP contribution < -0.4 is 9.64 Å². The molecule has 2 aliphatic rings. The van der Waals surface area contributed by atoms with Crippen molar-refractivity contribution in [3.63, 3.8) is 0 Å². The van der Waals surface area contributed by atoms with Crippen LogP contribution in [0, 0.1) is 5.82 Å². The van der Waals surface area contributed by atoms with E-state index in [2.05, 4.69) is 21.9 Å². The molecule has 0 aromatic heterocycles. The number of benzene rings is 2. The number of nitrogens with zero attached hydrogens (tertiary/aromatic N) is 2. The van der Waals surface area contributed by atoms with Crippen LogP contribution in [-0.4, -0.2) is 44.2 Å². The van der Waals surface area contributed by atoms with E-state index in [9.17, 15) is 8.78 Å². The largest absolute Gasteiger partial charge is 0.497 e. The molecular formula is C23H29ClF2N2O. The Morgan fingerprint density at radius 1 is 1.07 bits per heavy atom. The van der Waals surface area contributed by atoms with Gasteiger partial charge in [0, 0.05) is 44.0 Å². The molecule has 1 fully saturated rings. The summed E-state index contributed by atoms with van der Waals surface area (Å²) in [5, 5.41) is 0. The molecule has 1 saturated heterocycles. The summed E-state index contributed by atoms with van der Waals surface area (Å²) in [4.78, 5) is 4.73. The van der Waals surface area contributed by atoms with Crippen molar-refractivity contribution in [2.24, 2.45) is 0 Å². The highest BCUT2D eigenvalue weighted by atomic mass is 35.5. The number of likely N-dealkylation sites (tertiary alicyclic amines) is 1. The van der Waals surface area contributed by atoms with Crippen LogP contribution in [-0.2, 0) is 6.42 Å². The van der Waals surface area contributed by atoms with Crippen LogP contribution in [0.4, 0.5) is 14.5 Å². The fourth-order valence-corrected chi connectivity index (χ4v) is 4.51. The van der Waals surface area contributed by atoms with Gasteiger partial charge in [0.1, 0.15) is 17.7 Å². The lowest BCUT2D eigenvalue weighted by molar-refractivity contribution is 0.156. The second-order valence-corrected chi connectivity index (χ2v) is 7.84. The predicted octanol–water partition coefficient (Wildman–Crippen LogP) is 5.18. The van der Waals surface area contributed by atoms with Crippen LogP contribution in [0.2, 0.25) is 0 Å². The maximum atomic E-state index is 14.6. The van der Waals surface area contributed by atoms with E-state index >= 15 is 0 Å². The van der Waals surface area contributed by atoms with Crippen molar-refractivity contribution in [2.45, 2.75) is 37.9 Å². The Hall–Kier alpha value is -1.85. The zero-order chi connectivity index (χ0) is 19.5. The number of anilines is 1. The predicted molar refractivity (Wildman–Crippen MR) is 116 cm³/mol. The van der Waals surface area contributed by atoms with Crippen LogP contribution in [0.25, 0.3) is 0 Å². The number of hydrogen-bond donors (Lipinski definition) is 0. The second-order valence-electron chi connectivity index (χ2n) is 7.84. The van der Waals surface area contributed by atoms with Gasteiger partial charge < -0.3 is 9.64 Å². The van der Waals surface area contributed by atoms with Crippen molar-refractivity contribution in [2.75, 3.05) is 38.2 Å². The lowest BCUT2D eigenvalue weighted by Gasteiger charge is -2.42. The molecule has 2 heterocycles. The molecule has 1 atom stereocenters. The van der Waals surface area contributed by atoms with Crippen molar-refractivity contribution in [1.29, 1.82) is 0 Å². The van der Waals surface area contributed by atoms with Gasteiger partial charge in [0.15, 0.2) is 0 Å². The summed E-state index contributed by atoms with van der Waals surface area (Å²) in [7, 11) is 1.71. The Morgan fingerprint density at radius 3 is 2.48 bits per heavy atom. The quantitative estimate of drug-likeness (QED) is 0.660. The highest BCUT2D eigenvalue weighted by Crippen LogP contribution is 2.34. The third-order valence-electron chi connectivity index (χ3n) is 6.10. The Balaban J connectivity index is 0.00000240. The number of methoxy groups -OCH3 is 1. The molecule has 0 N–H and O–H groups in total. The average molecular weight is 423 g/mol. The van der Waals surface area contributed by atoms with Gasteiger partial charge in [0.05, 0.1) is 7.11 Å². The van der Waals surface area contributed by atoms with Crippen LogP contribution in [0.15, 0.2) is 42.5 Å². The minimum atomic E-state index is -1.07. The summed E-state index contributed by atoms with van der Waals surface area (Å²) in [5.41, 5.74) is 3.26. The van der Waals surface area contributed by atoms with E-state index in [0.717, 1.165) is 44.6 Å². The lowest BCUT2D eigenvalue weighted by Crippen LogP contribution is -2.47. The van der Waals surface area contributed by atoms with Crippen LogP contribution in [0.5, 0.6) is 5.75 Å². The topological polar surface area (TPSA) is 15.7 Å². The van der Waals surface area contributed by atoms with Gasteiger partial charge >= 0.3 is 0 Å². The van der Waals surface area contributed by atoms with Gasteiger partial charge in [0.25, 0.3) is 0 Å². The Labute approximate surface area is 178 Å². The van der Waals surface area contributed by atoms with Gasteiger partial charge in [0.2, 0.25) is 0 Å². The van der Waals surface area contributed by atoms with Gasteiger partial charge in [-0.1, -0.05) is 18.2 Å². The number of alkyl halides is 1. The highest BCUT2D eigenvalue weighted by Gasteiger charge is 2.29. The summed E-state index contributed by atoms with van der Waals surface area (Å²) in [6, 6.07) is 12.6. The second kappa shape index (κ2) is 9.77. The fourth-order valence-electron chi connectivity index (χ4n) is 4.51. The Kier molecular flexibility index (Phi) is 7.36. The minimum Gasteiger partial charge on any atom is -0.497 e. The maximum Gasteiger partial charge on any atom is 0.138 e. The number of aryl methyl sites for hydroxylation is 1. The van der Waals surface area contributed by atoms with E-state index in [1.807, 2.05) is 6.07 Å². The zero-order valence-electron chi connectivity index (χ0n) is 16.8. The standard InChI is InChI=1S/C23H28F2N2O.ClH/c1-28-21-9-6-18-3-2-12-27(23(18)15-21)20-10-13-26(14-11-20)16-22(25)17-4-7-19(24)8-5-17;/h4-9,15,20,22H,2-3,10-14,16H2,1H3;1H. The molecule has 0 saturated carbocycles. The monoisotopic (exact) mass is 422 g/mol.